The summed E-state index contributed by atoms with van der Waals surface area (Å²) in [7, 11) is 0. The number of carbonyl (C=O) groups is 3. The lowest BCUT2D eigenvalue weighted by atomic mass is 9.82. The van der Waals surface area contributed by atoms with Crippen molar-refractivity contribution in [2.75, 3.05) is 5.32 Å². The van der Waals surface area contributed by atoms with E-state index in [0.717, 1.165) is 42.5 Å². The number of hydrogen-bond donors (Lipinski definition) is 3. The van der Waals surface area contributed by atoms with Crippen LogP contribution < -0.4 is 11.1 Å². The smallest absolute Gasteiger partial charge is 0.307 e. The van der Waals surface area contributed by atoms with E-state index in [0.29, 0.717) is 17.0 Å². The molecule has 4 N–H and O–H groups in total. The average molecular weight is 374 g/mol. The molecule has 0 radical (unpaired) electrons. The molecule has 3 aliphatic carbocycles. The fourth-order valence-electron chi connectivity index (χ4n) is 4.80. The molecule has 0 unspecified atom stereocenters. The number of carboxylic acids is 1. The number of nitrogens with one attached hydrogen (secondary N) is 1. The van der Waals surface area contributed by atoms with Crippen LogP contribution in [0.15, 0.2) is 12.2 Å². The molecule has 3 aliphatic rings. The molecule has 6 nitrogen and oxygen atoms in total. The third-order valence-electron chi connectivity index (χ3n) is 5.95. The maximum Gasteiger partial charge on any atom is 0.307 e. The minimum absolute atomic E-state index is 0.0454. The van der Waals surface area contributed by atoms with Gasteiger partial charge in [-0.1, -0.05) is 18.6 Å². The summed E-state index contributed by atoms with van der Waals surface area (Å²) in [5.41, 5.74) is 7.00. The molecule has 2 bridgehead atoms. The van der Waals surface area contributed by atoms with Gasteiger partial charge in [-0.2, -0.15) is 0 Å². The summed E-state index contributed by atoms with van der Waals surface area (Å²) in [5, 5.41) is 12.9. The van der Waals surface area contributed by atoms with Crippen LogP contribution in [-0.4, -0.2) is 22.9 Å². The summed E-state index contributed by atoms with van der Waals surface area (Å²) in [6.45, 7) is 0. The minimum atomic E-state index is -0.931. The lowest BCUT2D eigenvalue weighted by Crippen LogP contribution is -2.36. The number of rotatable bonds is 4. The van der Waals surface area contributed by atoms with Gasteiger partial charge >= 0.3 is 5.97 Å². The molecular formula is C19H22N2O4S. The van der Waals surface area contributed by atoms with Crippen LogP contribution in [-0.2, 0) is 22.4 Å². The van der Waals surface area contributed by atoms with Gasteiger partial charge in [0, 0.05) is 4.88 Å². The Morgan fingerprint density at radius 3 is 2.46 bits per heavy atom. The normalized spacial score (nSPS) is 29.2. The molecule has 26 heavy (non-hydrogen) atoms. The number of aliphatic carboxylic acids is 1. The van der Waals surface area contributed by atoms with Crippen LogP contribution in [0.5, 0.6) is 0 Å². The van der Waals surface area contributed by atoms with E-state index < -0.39 is 23.7 Å². The van der Waals surface area contributed by atoms with Crippen molar-refractivity contribution in [3.8, 4) is 0 Å². The van der Waals surface area contributed by atoms with Gasteiger partial charge in [-0.15, -0.1) is 11.3 Å². The summed E-state index contributed by atoms with van der Waals surface area (Å²) < 4.78 is 0. The zero-order chi connectivity index (χ0) is 18.4. The third-order valence-corrected chi connectivity index (χ3v) is 7.16. The third kappa shape index (κ3) is 2.74. The van der Waals surface area contributed by atoms with Crippen molar-refractivity contribution in [1.82, 2.24) is 0 Å². The number of primary amides is 1. The van der Waals surface area contributed by atoms with Gasteiger partial charge in [0.05, 0.1) is 17.4 Å². The van der Waals surface area contributed by atoms with Crippen LogP contribution in [0.25, 0.3) is 0 Å². The molecule has 0 aliphatic heterocycles. The molecule has 4 rings (SSSR count). The van der Waals surface area contributed by atoms with Gasteiger partial charge in [-0.05, 0) is 49.5 Å². The molecule has 1 fully saturated rings. The summed E-state index contributed by atoms with van der Waals surface area (Å²) in [6.07, 6.45) is 9.46. The van der Waals surface area contributed by atoms with Crippen LogP contribution in [0, 0.1) is 23.7 Å². The van der Waals surface area contributed by atoms with Crippen molar-refractivity contribution < 1.29 is 19.5 Å². The van der Waals surface area contributed by atoms with Gasteiger partial charge in [0.25, 0.3) is 5.91 Å². The molecule has 1 aromatic rings. The number of allylic oxidation sites excluding steroid dienone is 2. The summed E-state index contributed by atoms with van der Waals surface area (Å²) in [6, 6.07) is 0. The van der Waals surface area contributed by atoms with Gasteiger partial charge in [-0.25, -0.2) is 0 Å². The van der Waals surface area contributed by atoms with Crippen molar-refractivity contribution in [3.05, 3.63) is 28.2 Å². The Morgan fingerprint density at radius 2 is 1.77 bits per heavy atom. The van der Waals surface area contributed by atoms with Gasteiger partial charge in [0.15, 0.2) is 0 Å². The fraction of sp³-hybridized carbons (Fsp3) is 0.526. The van der Waals surface area contributed by atoms with E-state index in [4.69, 9.17) is 5.73 Å². The first-order chi connectivity index (χ1) is 12.5. The van der Waals surface area contributed by atoms with E-state index in [2.05, 4.69) is 5.32 Å². The number of nitrogens with two attached hydrogens (primary N) is 1. The predicted octanol–water partition coefficient (Wildman–Crippen LogP) is 2.58. The molecule has 1 aromatic heterocycles. The number of anilines is 1. The number of thiophene rings is 1. The second-order valence-corrected chi connectivity index (χ2v) is 8.57. The van der Waals surface area contributed by atoms with E-state index >= 15 is 0 Å². The van der Waals surface area contributed by atoms with Gasteiger partial charge in [0.1, 0.15) is 5.00 Å². The van der Waals surface area contributed by atoms with E-state index in [1.165, 1.54) is 11.3 Å². The number of fused-ring (bicyclic) bond motifs is 3. The molecular weight excluding hydrogens is 352 g/mol. The topological polar surface area (TPSA) is 109 Å². The SMILES string of the molecule is NC(=O)c1c(NC(=O)[C@@H]2[C@H](C(=O)O)[C@H]3C=C[C@H]2C3)sc2c1CCCCC2. The Kier molecular flexibility index (Phi) is 4.34. The Balaban J connectivity index is 1.63. The van der Waals surface area contributed by atoms with Crippen LogP contribution in [0.2, 0.25) is 0 Å². The van der Waals surface area contributed by atoms with Crippen molar-refractivity contribution in [2.45, 2.75) is 38.5 Å². The number of carbonyl (C=O) groups excluding carboxylic acids is 2. The van der Waals surface area contributed by atoms with Crippen molar-refractivity contribution in [1.29, 1.82) is 0 Å². The Bertz CT molecular complexity index is 813. The molecule has 138 valence electrons. The lowest BCUT2D eigenvalue weighted by molar-refractivity contribution is -0.146. The zero-order valence-electron chi connectivity index (χ0n) is 14.4. The van der Waals surface area contributed by atoms with Crippen molar-refractivity contribution >= 4 is 34.1 Å². The predicted molar refractivity (Wildman–Crippen MR) is 98.1 cm³/mol. The van der Waals surface area contributed by atoms with Crippen molar-refractivity contribution in [3.63, 3.8) is 0 Å². The molecule has 0 saturated heterocycles. The highest BCUT2D eigenvalue weighted by Gasteiger charge is 2.51. The number of carboxylic acid groups (broad SMARTS) is 1. The zero-order valence-corrected chi connectivity index (χ0v) is 15.2. The van der Waals surface area contributed by atoms with Gasteiger partial charge < -0.3 is 16.2 Å². The number of hydrogen-bond acceptors (Lipinski definition) is 4. The molecule has 1 heterocycles. The average Bonchev–Trinajstić information content (AvgIpc) is 3.23. The van der Waals surface area contributed by atoms with E-state index in [1.54, 1.807) is 0 Å². The Hall–Kier alpha value is -2.15. The molecule has 1 saturated carbocycles. The van der Waals surface area contributed by atoms with E-state index in [-0.39, 0.29) is 17.7 Å². The fourth-order valence-corrected chi connectivity index (χ4v) is 6.10. The standard InChI is InChI=1S/C19H22N2O4S/c20-16(22)15-11-4-2-1-3-5-12(11)26-18(15)21-17(23)13-9-6-7-10(8-9)14(13)19(24)25/h6-7,9-10,13-14H,1-5,8H2,(H2,20,22)(H,21,23)(H,24,25)/t9-,10-,13-,14+/m0/s1. The maximum atomic E-state index is 12.9. The first-order valence-corrected chi connectivity index (χ1v) is 9.95. The summed E-state index contributed by atoms with van der Waals surface area (Å²) in [4.78, 5) is 37.7. The van der Waals surface area contributed by atoms with Gasteiger partial charge in [-0.3, -0.25) is 14.4 Å². The first-order valence-electron chi connectivity index (χ1n) is 9.13. The van der Waals surface area contributed by atoms with E-state index in [9.17, 15) is 19.5 Å². The molecule has 4 atom stereocenters. The molecule has 0 aromatic carbocycles. The van der Waals surface area contributed by atoms with Crippen LogP contribution in [0.4, 0.5) is 5.00 Å². The Morgan fingerprint density at radius 1 is 1.08 bits per heavy atom. The van der Waals surface area contributed by atoms with Crippen LogP contribution in [0.3, 0.4) is 0 Å². The second kappa shape index (κ2) is 6.54. The summed E-state index contributed by atoms with van der Waals surface area (Å²) in [5.74, 6) is -3.18. The van der Waals surface area contributed by atoms with Gasteiger partial charge in [0.2, 0.25) is 5.91 Å². The monoisotopic (exact) mass is 374 g/mol. The maximum absolute atomic E-state index is 12.9. The number of aryl methyl sites for hydroxylation is 1. The van der Waals surface area contributed by atoms with Crippen molar-refractivity contribution in [2.24, 2.45) is 29.4 Å². The largest absolute Gasteiger partial charge is 0.481 e. The molecule has 2 amide bonds. The minimum Gasteiger partial charge on any atom is -0.481 e. The highest BCUT2D eigenvalue weighted by molar-refractivity contribution is 7.17. The highest BCUT2D eigenvalue weighted by atomic mass is 32.1. The Labute approximate surface area is 155 Å². The van der Waals surface area contributed by atoms with Crippen LogP contribution in [0.1, 0.15) is 46.5 Å². The molecule has 7 heteroatoms. The first kappa shape index (κ1) is 17.3. The highest BCUT2D eigenvalue weighted by Crippen LogP contribution is 2.49. The quantitative estimate of drug-likeness (QED) is 0.556. The lowest BCUT2D eigenvalue weighted by Gasteiger charge is -2.23. The second-order valence-electron chi connectivity index (χ2n) is 7.46. The summed E-state index contributed by atoms with van der Waals surface area (Å²) >= 11 is 1.42. The molecule has 0 spiro atoms. The number of amides is 2. The van der Waals surface area contributed by atoms with Crippen LogP contribution >= 0.6 is 11.3 Å². The van der Waals surface area contributed by atoms with E-state index in [1.807, 2.05) is 12.2 Å².